The van der Waals surface area contributed by atoms with Crippen molar-refractivity contribution >= 4 is 40.2 Å². The van der Waals surface area contributed by atoms with Gasteiger partial charge in [0.1, 0.15) is 0 Å². The van der Waals surface area contributed by atoms with Gasteiger partial charge in [0, 0.05) is 9.75 Å². The number of hydrogen-bond donors (Lipinski definition) is 1. The smallest absolute Gasteiger partial charge is 0.225 e. The van der Waals surface area contributed by atoms with Gasteiger partial charge in [-0.3, -0.25) is 4.79 Å². The number of halogens is 1. The molecule has 2 aromatic rings. The number of amides is 1. The van der Waals surface area contributed by atoms with Gasteiger partial charge in [-0.25, -0.2) is 0 Å². The van der Waals surface area contributed by atoms with E-state index in [1.807, 2.05) is 29.6 Å². The predicted octanol–water partition coefficient (Wildman–Crippen LogP) is 3.32. The fourth-order valence-corrected chi connectivity index (χ4v) is 3.00. The lowest BCUT2D eigenvalue weighted by atomic mass is 10.3. The third kappa shape index (κ3) is 3.33. The number of nitrogens with one attached hydrogen (secondary N) is 1. The molecule has 2 heterocycles. The van der Waals surface area contributed by atoms with Crippen LogP contribution in [0.25, 0.3) is 0 Å². The molecule has 1 N–H and O–H groups in total. The maximum Gasteiger partial charge on any atom is 0.225 e. The lowest BCUT2D eigenvalue weighted by molar-refractivity contribution is -0.120. The molecule has 0 spiro atoms. The van der Waals surface area contributed by atoms with Crippen LogP contribution in [0.15, 0.2) is 29.6 Å². The molecule has 0 saturated carbocycles. The molecule has 0 radical (unpaired) electrons. The molecule has 16 heavy (non-hydrogen) atoms. The quantitative estimate of drug-likeness (QED) is 0.908. The van der Waals surface area contributed by atoms with Crippen LogP contribution in [0.5, 0.6) is 0 Å². The Kier molecular flexibility index (Phi) is 3.98. The maximum atomic E-state index is 11.6. The summed E-state index contributed by atoms with van der Waals surface area (Å²) in [7, 11) is 0. The van der Waals surface area contributed by atoms with Gasteiger partial charge in [-0.1, -0.05) is 17.7 Å². The normalized spacial score (nSPS) is 10.3. The van der Waals surface area contributed by atoms with E-state index in [4.69, 9.17) is 11.6 Å². The minimum Gasteiger partial charge on any atom is -0.351 e. The average Bonchev–Trinajstić information content (AvgIpc) is 2.87. The molecule has 0 bridgehead atoms. The van der Waals surface area contributed by atoms with Gasteiger partial charge in [-0.05, 0) is 23.6 Å². The van der Waals surface area contributed by atoms with Gasteiger partial charge >= 0.3 is 0 Å². The molecular formula is C11H10ClNOS2. The summed E-state index contributed by atoms with van der Waals surface area (Å²) < 4.78 is 0.752. The lowest BCUT2D eigenvalue weighted by Gasteiger charge is -2.01. The highest BCUT2D eigenvalue weighted by Gasteiger charge is 2.04. The number of carbonyl (C=O) groups is 1. The van der Waals surface area contributed by atoms with Gasteiger partial charge in [0.2, 0.25) is 5.91 Å². The molecule has 2 nitrogen and oxygen atoms in total. The summed E-state index contributed by atoms with van der Waals surface area (Å²) in [5.41, 5.74) is 0. The summed E-state index contributed by atoms with van der Waals surface area (Å²) in [6.07, 6.45) is 0.455. The minimum atomic E-state index is 0.0481. The number of carbonyl (C=O) groups excluding carboxylic acids is 1. The van der Waals surface area contributed by atoms with Crippen LogP contribution in [0.2, 0.25) is 4.34 Å². The van der Waals surface area contributed by atoms with Crippen LogP contribution in [0, 0.1) is 0 Å². The average molecular weight is 272 g/mol. The van der Waals surface area contributed by atoms with Gasteiger partial charge in [-0.2, -0.15) is 0 Å². The van der Waals surface area contributed by atoms with Crippen molar-refractivity contribution in [3.05, 3.63) is 43.7 Å². The first-order chi connectivity index (χ1) is 7.74. The fourth-order valence-electron chi connectivity index (χ4n) is 1.27. The van der Waals surface area contributed by atoms with E-state index < -0.39 is 0 Å². The minimum absolute atomic E-state index is 0.0481. The number of rotatable bonds is 4. The lowest BCUT2D eigenvalue weighted by Crippen LogP contribution is -2.23. The SMILES string of the molecule is O=C(Cc1cccs1)NCc1ccc(Cl)s1. The summed E-state index contributed by atoms with van der Waals surface area (Å²) >= 11 is 8.89. The van der Waals surface area contributed by atoms with Crippen molar-refractivity contribution in [2.75, 3.05) is 0 Å². The van der Waals surface area contributed by atoms with Crippen LogP contribution in [-0.4, -0.2) is 5.91 Å². The Morgan fingerprint density at radius 3 is 2.81 bits per heavy atom. The van der Waals surface area contributed by atoms with E-state index in [0.717, 1.165) is 14.1 Å². The summed E-state index contributed by atoms with van der Waals surface area (Å²) in [6.45, 7) is 0.557. The monoisotopic (exact) mass is 271 g/mol. The topological polar surface area (TPSA) is 29.1 Å². The highest BCUT2D eigenvalue weighted by Crippen LogP contribution is 2.21. The van der Waals surface area contributed by atoms with E-state index in [1.54, 1.807) is 11.3 Å². The van der Waals surface area contributed by atoms with Crippen LogP contribution in [0.3, 0.4) is 0 Å². The van der Waals surface area contributed by atoms with E-state index in [0.29, 0.717) is 13.0 Å². The molecule has 0 aliphatic carbocycles. The molecule has 2 aromatic heterocycles. The zero-order valence-corrected chi connectivity index (χ0v) is 10.8. The van der Waals surface area contributed by atoms with Crippen molar-refractivity contribution in [2.45, 2.75) is 13.0 Å². The fraction of sp³-hybridized carbons (Fsp3) is 0.182. The van der Waals surface area contributed by atoms with Gasteiger partial charge in [0.05, 0.1) is 17.3 Å². The Hall–Kier alpha value is -0.840. The Morgan fingerprint density at radius 2 is 2.19 bits per heavy atom. The van der Waals surface area contributed by atoms with Crippen molar-refractivity contribution in [3.8, 4) is 0 Å². The molecule has 84 valence electrons. The van der Waals surface area contributed by atoms with Gasteiger partial charge in [-0.15, -0.1) is 22.7 Å². The van der Waals surface area contributed by atoms with Gasteiger partial charge in [0.15, 0.2) is 0 Å². The first-order valence-corrected chi connectivity index (χ1v) is 6.85. The molecule has 0 aromatic carbocycles. The first kappa shape index (κ1) is 11.6. The first-order valence-electron chi connectivity index (χ1n) is 4.77. The molecule has 0 aliphatic heterocycles. The third-order valence-electron chi connectivity index (χ3n) is 2.00. The highest BCUT2D eigenvalue weighted by atomic mass is 35.5. The van der Waals surface area contributed by atoms with Crippen molar-refractivity contribution < 1.29 is 4.79 Å². The Labute approximate surface area is 107 Å². The molecule has 5 heteroatoms. The second kappa shape index (κ2) is 5.48. The van der Waals surface area contributed by atoms with Crippen molar-refractivity contribution in [1.82, 2.24) is 5.32 Å². The molecule has 0 fully saturated rings. The van der Waals surface area contributed by atoms with Crippen LogP contribution >= 0.6 is 34.3 Å². The Bertz CT molecular complexity index is 464. The zero-order chi connectivity index (χ0) is 11.4. The standard InChI is InChI=1S/C11H10ClNOS2/c12-10-4-3-9(16-10)7-13-11(14)6-8-2-1-5-15-8/h1-5H,6-7H2,(H,13,14). The van der Waals surface area contributed by atoms with Crippen molar-refractivity contribution in [2.24, 2.45) is 0 Å². The van der Waals surface area contributed by atoms with Crippen LogP contribution in [0.1, 0.15) is 9.75 Å². The number of thiophene rings is 2. The van der Waals surface area contributed by atoms with E-state index in [1.165, 1.54) is 11.3 Å². The number of hydrogen-bond acceptors (Lipinski definition) is 3. The summed E-state index contributed by atoms with van der Waals surface area (Å²) in [4.78, 5) is 13.7. The molecule has 0 saturated heterocycles. The van der Waals surface area contributed by atoms with E-state index in [9.17, 15) is 4.79 Å². The molecule has 0 atom stereocenters. The van der Waals surface area contributed by atoms with Gasteiger partial charge < -0.3 is 5.32 Å². The van der Waals surface area contributed by atoms with Crippen LogP contribution in [0.4, 0.5) is 0 Å². The largest absolute Gasteiger partial charge is 0.351 e. The third-order valence-corrected chi connectivity index (χ3v) is 4.11. The van der Waals surface area contributed by atoms with Crippen molar-refractivity contribution in [1.29, 1.82) is 0 Å². The second-order valence-electron chi connectivity index (χ2n) is 3.24. The van der Waals surface area contributed by atoms with E-state index in [-0.39, 0.29) is 5.91 Å². The summed E-state index contributed by atoms with van der Waals surface area (Å²) in [5, 5.41) is 4.84. The zero-order valence-electron chi connectivity index (χ0n) is 8.40. The predicted molar refractivity (Wildman–Crippen MR) is 69.2 cm³/mol. The molecule has 0 unspecified atom stereocenters. The molecule has 0 aliphatic rings. The highest BCUT2D eigenvalue weighted by molar-refractivity contribution is 7.16. The second-order valence-corrected chi connectivity index (χ2v) is 6.07. The van der Waals surface area contributed by atoms with Crippen molar-refractivity contribution in [3.63, 3.8) is 0 Å². The van der Waals surface area contributed by atoms with E-state index >= 15 is 0 Å². The van der Waals surface area contributed by atoms with Crippen LogP contribution in [-0.2, 0) is 17.8 Å². The molecule has 1 amide bonds. The van der Waals surface area contributed by atoms with Crippen LogP contribution < -0.4 is 5.32 Å². The summed E-state index contributed by atoms with van der Waals surface area (Å²) in [5.74, 6) is 0.0481. The van der Waals surface area contributed by atoms with E-state index in [2.05, 4.69) is 5.32 Å². The molecule has 2 rings (SSSR count). The maximum absolute atomic E-state index is 11.6. The Balaban J connectivity index is 1.80. The Morgan fingerprint density at radius 1 is 1.31 bits per heavy atom. The molecular weight excluding hydrogens is 262 g/mol. The summed E-state index contributed by atoms with van der Waals surface area (Å²) in [6, 6.07) is 7.68. The van der Waals surface area contributed by atoms with Gasteiger partial charge in [0.25, 0.3) is 0 Å².